The summed E-state index contributed by atoms with van der Waals surface area (Å²) in [7, 11) is 2.17. The van der Waals surface area contributed by atoms with Gasteiger partial charge in [0.05, 0.1) is 0 Å². The van der Waals surface area contributed by atoms with Crippen LogP contribution in [0.4, 0.5) is 0 Å². The number of aryl methyl sites for hydroxylation is 2. The first-order valence-electron chi connectivity index (χ1n) is 8.42. The molecule has 1 aliphatic rings. The molecule has 0 N–H and O–H groups in total. The molecular formula is C21H24ClN. The average molecular weight is 326 g/mol. The lowest BCUT2D eigenvalue weighted by atomic mass is 9.90. The largest absolute Gasteiger partial charge is 0.298 e. The maximum Gasteiger partial charge on any atom is 0.0406 e. The molecule has 0 aliphatic heterocycles. The van der Waals surface area contributed by atoms with E-state index in [1.165, 1.54) is 36.8 Å². The minimum atomic E-state index is 0.784. The molecule has 2 heteroatoms. The number of hydrogen-bond donors (Lipinski definition) is 0. The number of rotatable bonds is 5. The van der Waals surface area contributed by atoms with Crippen LogP contribution in [0.25, 0.3) is 6.08 Å². The number of fused-ring (bicyclic) bond motifs is 1. The summed E-state index contributed by atoms with van der Waals surface area (Å²) in [4.78, 5) is 2.34. The van der Waals surface area contributed by atoms with E-state index in [-0.39, 0.29) is 0 Å². The van der Waals surface area contributed by atoms with Crippen molar-refractivity contribution in [3.05, 3.63) is 75.8 Å². The normalized spacial score (nSPS) is 14.4. The molecule has 0 bridgehead atoms. The monoisotopic (exact) mass is 325 g/mol. The van der Waals surface area contributed by atoms with Gasteiger partial charge in [-0.25, -0.2) is 0 Å². The molecule has 2 aromatic carbocycles. The van der Waals surface area contributed by atoms with E-state index in [1.54, 1.807) is 11.1 Å². The standard InChI is InChI=1S/C21H24ClN/c1-23(14-4-5-17-9-12-21(22)13-10-17)16-18-8-11-19-6-2-3-7-20(19)15-18/h4-5,8-13,15H,2-3,6-7,14,16H2,1H3. The predicted molar refractivity (Wildman–Crippen MR) is 99.9 cm³/mol. The molecule has 0 amide bonds. The Kier molecular flexibility index (Phi) is 5.53. The molecule has 0 radical (unpaired) electrons. The van der Waals surface area contributed by atoms with Crippen LogP contribution in [0.3, 0.4) is 0 Å². The van der Waals surface area contributed by atoms with Crippen molar-refractivity contribution in [2.24, 2.45) is 0 Å². The maximum atomic E-state index is 5.90. The van der Waals surface area contributed by atoms with Gasteiger partial charge in [0.25, 0.3) is 0 Å². The third-order valence-electron chi connectivity index (χ3n) is 4.46. The van der Waals surface area contributed by atoms with E-state index in [0.717, 1.165) is 18.1 Å². The summed E-state index contributed by atoms with van der Waals surface area (Å²) in [5.74, 6) is 0. The van der Waals surface area contributed by atoms with Crippen LogP contribution >= 0.6 is 11.6 Å². The molecule has 0 saturated carbocycles. The highest BCUT2D eigenvalue weighted by atomic mass is 35.5. The van der Waals surface area contributed by atoms with Crippen molar-refractivity contribution >= 4 is 17.7 Å². The van der Waals surface area contributed by atoms with Gasteiger partial charge in [-0.1, -0.05) is 54.1 Å². The van der Waals surface area contributed by atoms with Gasteiger partial charge < -0.3 is 0 Å². The molecule has 2 aromatic rings. The summed E-state index contributed by atoms with van der Waals surface area (Å²) < 4.78 is 0. The fourth-order valence-electron chi connectivity index (χ4n) is 3.20. The van der Waals surface area contributed by atoms with Crippen molar-refractivity contribution in [1.29, 1.82) is 0 Å². The first-order valence-corrected chi connectivity index (χ1v) is 8.80. The molecule has 0 atom stereocenters. The maximum absolute atomic E-state index is 5.90. The SMILES string of the molecule is CN(CC=Cc1ccc(Cl)cc1)Cc1ccc2c(c1)CCCC2. The number of hydrogen-bond acceptors (Lipinski definition) is 1. The third kappa shape index (κ3) is 4.70. The van der Waals surface area contributed by atoms with E-state index in [9.17, 15) is 0 Å². The predicted octanol–water partition coefficient (Wildman–Crippen LogP) is 5.36. The van der Waals surface area contributed by atoms with Crippen LogP contribution in [-0.4, -0.2) is 18.5 Å². The highest BCUT2D eigenvalue weighted by Crippen LogP contribution is 2.22. The minimum Gasteiger partial charge on any atom is -0.298 e. The Hall–Kier alpha value is -1.57. The molecule has 0 saturated heterocycles. The van der Waals surface area contributed by atoms with Crippen LogP contribution in [0.2, 0.25) is 5.02 Å². The molecule has 1 nitrogen and oxygen atoms in total. The van der Waals surface area contributed by atoms with E-state index in [0.29, 0.717) is 0 Å². The summed E-state index contributed by atoms with van der Waals surface area (Å²) >= 11 is 5.90. The number of benzene rings is 2. The summed E-state index contributed by atoms with van der Waals surface area (Å²) in [6.45, 7) is 1.94. The minimum absolute atomic E-state index is 0.784. The molecule has 0 unspecified atom stereocenters. The fraction of sp³-hybridized carbons (Fsp3) is 0.333. The Morgan fingerprint density at radius 2 is 1.74 bits per heavy atom. The van der Waals surface area contributed by atoms with Gasteiger partial charge >= 0.3 is 0 Å². The molecule has 0 spiro atoms. The molecule has 0 fully saturated rings. The Morgan fingerprint density at radius 3 is 2.52 bits per heavy atom. The topological polar surface area (TPSA) is 3.24 Å². The van der Waals surface area contributed by atoms with Crippen LogP contribution in [0.15, 0.2) is 48.5 Å². The summed E-state index contributed by atoms with van der Waals surface area (Å²) in [6.07, 6.45) is 9.57. The van der Waals surface area contributed by atoms with Gasteiger partial charge in [0.2, 0.25) is 0 Å². The van der Waals surface area contributed by atoms with Crippen molar-refractivity contribution in [2.75, 3.05) is 13.6 Å². The van der Waals surface area contributed by atoms with Crippen LogP contribution in [0.5, 0.6) is 0 Å². The van der Waals surface area contributed by atoms with E-state index in [2.05, 4.69) is 42.3 Å². The smallest absolute Gasteiger partial charge is 0.0406 e. The Balaban J connectivity index is 1.54. The van der Waals surface area contributed by atoms with Crippen molar-refractivity contribution < 1.29 is 0 Å². The Labute approximate surface area is 144 Å². The van der Waals surface area contributed by atoms with E-state index < -0.39 is 0 Å². The molecule has 23 heavy (non-hydrogen) atoms. The zero-order valence-electron chi connectivity index (χ0n) is 13.8. The van der Waals surface area contributed by atoms with Gasteiger partial charge in [0.15, 0.2) is 0 Å². The molecule has 3 rings (SSSR count). The molecule has 120 valence electrons. The molecule has 0 heterocycles. The van der Waals surface area contributed by atoms with Gasteiger partial charge in [-0.3, -0.25) is 4.90 Å². The third-order valence-corrected chi connectivity index (χ3v) is 4.71. The summed E-state index contributed by atoms with van der Waals surface area (Å²) in [5, 5.41) is 0.784. The summed E-state index contributed by atoms with van der Waals surface area (Å²) in [5.41, 5.74) is 5.74. The molecule has 1 aliphatic carbocycles. The van der Waals surface area contributed by atoms with Gasteiger partial charge in [-0.2, -0.15) is 0 Å². The highest BCUT2D eigenvalue weighted by Gasteiger charge is 2.09. The average Bonchev–Trinajstić information content (AvgIpc) is 2.56. The van der Waals surface area contributed by atoms with E-state index in [1.807, 2.05) is 24.3 Å². The van der Waals surface area contributed by atoms with Gasteiger partial charge in [0.1, 0.15) is 0 Å². The Morgan fingerprint density at radius 1 is 1.00 bits per heavy atom. The zero-order valence-corrected chi connectivity index (χ0v) is 14.5. The van der Waals surface area contributed by atoms with Gasteiger partial charge in [0, 0.05) is 18.1 Å². The van der Waals surface area contributed by atoms with Gasteiger partial charge in [-0.05, 0) is 67.1 Å². The van der Waals surface area contributed by atoms with Crippen LogP contribution in [-0.2, 0) is 19.4 Å². The van der Waals surface area contributed by atoms with Crippen molar-refractivity contribution in [2.45, 2.75) is 32.2 Å². The number of likely N-dealkylation sites (N-methyl/N-ethyl adjacent to an activating group) is 1. The second kappa shape index (κ2) is 7.81. The number of halogens is 1. The lowest BCUT2D eigenvalue weighted by Crippen LogP contribution is -2.18. The lowest BCUT2D eigenvalue weighted by molar-refractivity contribution is 0.363. The molecular weight excluding hydrogens is 302 g/mol. The quantitative estimate of drug-likeness (QED) is 0.715. The van der Waals surface area contributed by atoms with E-state index in [4.69, 9.17) is 11.6 Å². The van der Waals surface area contributed by atoms with Crippen molar-refractivity contribution in [3.63, 3.8) is 0 Å². The van der Waals surface area contributed by atoms with Crippen LogP contribution in [0.1, 0.15) is 35.1 Å². The molecule has 0 aromatic heterocycles. The summed E-state index contributed by atoms with van der Waals surface area (Å²) in [6, 6.07) is 15.0. The second-order valence-electron chi connectivity index (χ2n) is 6.46. The van der Waals surface area contributed by atoms with E-state index >= 15 is 0 Å². The van der Waals surface area contributed by atoms with Crippen LogP contribution < -0.4 is 0 Å². The highest BCUT2D eigenvalue weighted by molar-refractivity contribution is 6.30. The lowest BCUT2D eigenvalue weighted by Gasteiger charge is -2.19. The van der Waals surface area contributed by atoms with Crippen LogP contribution in [0, 0.1) is 0 Å². The number of nitrogens with zero attached hydrogens (tertiary/aromatic N) is 1. The van der Waals surface area contributed by atoms with Crippen molar-refractivity contribution in [1.82, 2.24) is 4.90 Å². The van der Waals surface area contributed by atoms with Gasteiger partial charge in [-0.15, -0.1) is 0 Å². The first kappa shape index (κ1) is 16.3. The van der Waals surface area contributed by atoms with Crippen molar-refractivity contribution in [3.8, 4) is 0 Å². The second-order valence-corrected chi connectivity index (χ2v) is 6.90. The Bertz CT molecular complexity index is 673. The fourth-order valence-corrected chi connectivity index (χ4v) is 3.33. The zero-order chi connectivity index (χ0) is 16.1. The first-order chi connectivity index (χ1) is 11.2.